The van der Waals surface area contributed by atoms with Crippen LogP contribution in [0.2, 0.25) is 0 Å². The van der Waals surface area contributed by atoms with Gasteiger partial charge in [-0.05, 0) is 24.2 Å². The number of H-pyrrole nitrogens is 1. The second-order valence-corrected chi connectivity index (χ2v) is 6.10. The maximum atomic E-state index is 11.5. The predicted molar refractivity (Wildman–Crippen MR) is 73.7 cm³/mol. The highest BCUT2D eigenvalue weighted by Gasteiger charge is 2.29. The van der Waals surface area contributed by atoms with E-state index >= 15 is 0 Å². The lowest BCUT2D eigenvalue weighted by molar-refractivity contribution is 0.199. The van der Waals surface area contributed by atoms with Gasteiger partial charge in [0.2, 0.25) is 0 Å². The van der Waals surface area contributed by atoms with Crippen molar-refractivity contribution in [3.05, 3.63) is 16.7 Å². The molecule has 0 spiro atoms. The SMILES string of the molecule is CC(C)(C)C1CCN(c2nc[nH]c(=O)c2N)CC1. The summed E-state index contributed by atoms with van der Waals surface area (Å²) in [6, 6.07) is 0. The van der Waals surface area contributed by atoms with Crippen LogP contribution in [0.3, 0.4) is 0 Å². The van der Waals surface area contributed by atoms with Gasteiger partial charge < -0.3 is 15.6 Å². The lowest BCUT2D eigenvalue weighted by atomic mass is 9.75. The number of piperidine rings is 1. The minimum atomic E-state index is -0.252. The molecule has 1 aliphatic rings. The van der Waals surface area contributed by atoms with Crippen LogP contribution < -0.4 is 16.2 Å². The standard InChI is InChI=1S/C13H22N4O/c1-13(2,3)9-4-6-17(7-5-9)11-10(14)12(18)16-8-15-11/h8-9H,4-7,14H2,1-3H3,(H,15,16,18). The van der Waals surface area contributed by atoms with Crippen LogP contribution in [0.25, 0.3) is 0 Å². The number of nitrogens with two attached hydrogens (primary N) is 1. The molecule has 5 heteroatoms. The largest absolute Gasteiger partial charge is 0.391 e. The Morgan fingerprint density at radius 2 is 2.00 bits per heavy atom. The molecule has 1 aliphatic heterocycles. The Kier molecular flexibility index (Phi) is 3.32. The normalized spacial score (nSPS) is 18.1. The van der Waals surface area contributed by atoms with Gasteiger partial charge in [-0.25, -0.2) is 4.98 Å². The number of aromatic amines is 1. The molecule has 0 atom stereocenters. The van der Waals surface area contributed by atoms with Gasteiger partial charge in [-0.1, -0.05) is 20.8 Å². The zero-order valence-corrected chi connectivity index (χ0v) is 11.4. The van der Waals surface area contributed by atoms with E-state index in [2.05, 4.69) is 35.6 Å². The van der Waals surface area contributed by atoms with E-state index < -0.39 is 0 Å². The lowest BCUT2D eigenvalue weighted by Crippen LogP contribution is -2.39. The number of rotatable bonds is 1. The first-order valence-corrected chi connectivity index (χ1v) is 6.47. The highest BCUT2D eigenvalue weighted by molar-refractivity contribution is 5.60. The van der Waals surface area contributed by atoms with Crippen molar-refractivity contribution in [2.24, 2.45) is 11.3 Å². The molecular formula is C13H22N4O. The highest BCUT2D eigenvalue weighted by atomic mass is 16.1. The summed E-state index contributed by atoms with van der Waals surface area (Å²) < 4.78 is 0. The molecule has 0 radical (unpaired) electrons. The Labute approximate surface area is 107 Å². The summed E-state index contributed by atoms with van der Waals surface area (Å²) in [6.45, 7) is 8.69. The number of nitrogen functional groups attached to an aromatic ring is 1. The van der Waals surface area contributed by atoms with Crippen molar-refractivity contribution in [3.8, 4) is 0 Å². The smallest absolute Gasteiger partial charge is 0.276 e. The number of nitrogens with one attached hydrogen (secondary N) is 1. The Hall–Kier alpha value is -1.52. The first kappa shape index (κ1) is 12.9. The molecule has 2 heterocycles. The van der Waals surface area contributed by atoms with Crippen molar-refractivity contribution in [1.29, 1.82) is 0 Å². The average Bonchev–Trinajstić information content (AvgIpc) is 2.32. The number of aromatic nitrogens is 2. The minimum absolute atomic E-state index is 0.228. The molecular weight excluding hydrogens is 228 g/mol. The second kappa shape index (κ2) is 4.63. The van der Waals surface area contributed by atoms with Crippen molar-refractivity contribution in [1.82, 2.24) is 9.97 Å². The van der Waals surface area contributed by atoms with Gasteiger partial charge in [0.25, 0.3) is 5.56 Å². The van der Waals surface area contributed by atoms with Gasteiger partial charge in [0.1, 0.15) is 5.69 Å². The molecule has 0 amide bonds. The van der Waals surface area contributed by atoms with Crippen LogP contribution in [0.1, 0.15) is 33.6 Å². The molecule has 2 rings (SSSR count). The quantitative estimate of drug-likeness (QED) is 0.794. The van der Waals surface area contributed by atoms with E-state index in [4.69, 9.17) is 5.73 Å². The van der Waals surface area contributed by atoms with E-state index in [0.717, 1.165) is 31.8 Å². The molecule has 1 aromatic heterocycles. The Balaban J connectivity index is 2.11. The van der Waals surface area contributed by atoms with E-state index in [1.807, 2.05) is 0 Å². The third kappa shape index (κ3) is 2.49. The Morgan fingerprint density at radius 3 is 2.56 bits per heavy atom. The second-order valence-electron chi connectivity index (χ2n) is 6.10. The Morgan fingerprint density at radius 1 is 1.39 bits per heavy atom. The van der Waals surface area contributed by atoms with Crippen molar-refractivity contribution >= 4 is 11.5 Å². The first-order chi connectivity index (χ1) is 8.39. The molecule has 3 N–H and O–H groups in total. The fourth-order valence-corrected chi connectivity index (χ4v) is 2.61. The molecule has 0 unspecified atom stereocenters. The third-order valence-corrected chi connectivity index (χ3v) is 3.89. The van der Waals surface area contributed by atoms with E-state index in [-0.39, 0.29) is 11.2 Å². The zero-order valence-electron chi connectivity index (χ0n) is 11.4. The van der Waals surface area contributed by atoms with Gasteiger partial charge >= 0.3 is 0 Å². The molecule has 0 bridgehead atoms. The van der Waals surface area contributed by atoms with Gasteiger partial charge in [-0.2, -0.15) is 0 Å². The van der Waals surface area contributed by atoms with Crippen LogP contribution in [-0.4, -0.2) is 23.1 Å². The van der Waals surface area contributed by atoms with Gasteiger partial charge in [-0.15, -0.1) is 0 Å². The average molecular weight is 250 g/mol. The van der Waals surface area contributed by atoms with Gasteiger partial charge in [0.15, 0.2) is 5.82 Å². The van der Waals surface area contributed by atoms with Crippen LogP contribution in [0, 0.1) is 11.3 Å². The molecule has 1 aromatic rings. The monoisotopic (exact) mass is 250 g/mol. The summed E-state index contributed by atoms with van der Waals surface area (Å²) in [5.41, 5.74) is 6.11. The van der Waals surface area contributed by atoms with Crippen LogP contribution in [0.5, 0.6) is 0 Å². The molecule has 5 nitrogen and oxygen atoms in total. The number of anilines is 2. The van der Waals surface area contributed by atoms with E-state index in [1.54, 1.807) is 0 Å². The summed E-state index contributed by atoms with van der Waals surface area (Å²) in [7, 11) is 0. The van der Waals surface area contributed by atoms with Gasteiger partial charge in [0.05, 0.1) is 6.33 Å². The molecule has 0 aromatic carbocycles. The van der Waals surface area contributed by atoms with Crippen LogP contribution in [0.4, 0.5) is 11.5 Å². The topological polar surface area (TPSA) is 75.0 Å². The van der Waals surface area contributed by atoms with Crippen molar-refractivity contribution in [2.75, 3.05) is 23.7 Å². The summed E-state index contributed by atoms with van der Waals surface area (Å²) in [5.74, 6) is 1.35. The maximum absolute atomic E-state index is 11.5. The molecule has 1 saturated heterocycles. The molecule has 0 aliphatic carbocycles. The summed E-state index contributed by atoms with van der Waals surface area (Å²) in [5, 5.41) is 0. The molecule has 100 valence electrons. The van der Waals surface area contributed by atoms with Gasteiger partial charge in [0, 0.05) is 13.1 Å². The first-order valence-electron chi connectivity index (χ1n) is 6.47. The number of nitrogens with zero attached hydrogens (tertiary/aromatic N) is 2. The lowest BCUT2D eigenvalue weighted by Gasteiger charge is -2.39. The number of hydrogen-bond donors (Lipinski definition) is 2. The highest BCUT2D eigenvalue weighted by Crippen LogP contribution is 2.35. The van der Waals surface area contributed by atoms with Crippen molar-refractivity contribution in [3.63, 3.8) is 0 Å². The van der Waals surface area contributed by atoms with Crippen LogP contribution in [-0.2, 0) is 0 Å². The van der Waals surface area contributed by atoms with E-state index in [1.165, 1.54) is 6.33 Å². The Bertz CT molecular complexity index is 467. The molecule has 0 saturated carbocycles. The maximum Gasteiger partial charge on any atom is 0.276 e. The minimum Gasteiger partial charge on any atom is -0.391 e. The summed E-state index contributed by atoms with van der Waals surface area (Å²) in [6.07, 6.45) is 3.67. The van der Waals surface area contributed by atoms with Gasteiger partial charge in [-0.3, -0.25) is 4.79 Å². The fraction of sp³-hybridized carbons (Fsp3) is 0.692. The fourth-order valence-electron chi connectivity index (χ4n) is 2.61. The van der Waals surface area contributed by atoms with Crippen LogP contribution in [0.15, 0.2) is 11.1 Å². The predicted octanol–water partition coefficient (Wildman–Crippen LogP) is 1.61. The zero-order chi connectivity index (χ0) is 13.3. The van der Waals surface area contributed by atoms with Crippen molar-refractivity contribution < 1.29 is 0 Å². The van der Waals surface area contributed by atoms with E-state index in [0.29, 0.717) is 11.2 Å². The van der Waals surface area contributed by atoms with Crippen molar-refractivity contribution in [2.45, 2.75) is 33.6 Å². The van der Waals surface area contributed by atoms with E-state index in [9.17, 15) is 4.79 Å². The third-order valence-electron chi connectivity index (χ3n) is 3.89. The molecule has 1 fully saturated rings. The summed E-state index contributed by atoms with van der Waals surface area (Å²) in [4.78, 5) is 20.3. The summed E-state index contributed by atoms with van der Waals surface area (Å²) >= 11 is 0. The number of hydrogen-bond acceptors (Lipinski definition) is 4. The molecule has 18 heavy (non-hydrogen) atoms. The van der Waals surface area contributed by atoms with Crippen LogP contribution >= 0.6 is 0 Å².